The molecule has 2 rings (SSSR count). The summed E-state index contributed by atoms with van der Waals surface area (Å²) in [7, 11) is 0. The largest absolute Gasteiger partial charge is 0.481 e. The number of carboxylic acids is 1. The van der Waals surface area contributed by atoms with E-state index in [1.807, 2.05) is 13.0 Å². The highest BCUT2D eigenvalue weighted by Crippen LogP contribution is 2.34. The van der Waals surface area contributed by atoms with Gasteiger partial charge in [0.2, 0.25) is 0 Å². The van der Waals surface area contributed by atoms with E-state index in [9.17, 15) is 14.3 Å². The third-order valence-corrected chi connectivity index (χ3v) is 4.57. The summed E-state index contributed by atoms with van der Waals surface area (Å²) in [5.74, 6) is -0.989. The fourth-order valence-corrected chi connectivity index (χ4v) is 3.45. The smallest absolute Gasteiger partial charge is 0.310 e. The van der Waals surface area contributed by atoms with Crippen LogP contribution < -0.4 is 0 Å². The molecule has 0 amide bonds. The minimum absolute atomic E-state index is 0.272. The zero-order valence-corrected chi connectivity index (χ0v) is 13.1. The lowest BCUT2D eigenvalue weighted by molar-refractivity contribution is -0.153. The Morgan fingerprint density at radius 3 is 2.85 bits per heavy atom. The molecule has 0 spiro atoms. The highest BCUT2D eigenvalue weighted by Gasteiger charge is 2.40. The number of halogens is 2. The standard InChI is InChI=1S/C15H19BrFNO2/c1-2-15(14(19)20)4-3-5-18(10-15)9-11-6-12(16)8-13(17)7-11/h6-8H,2-5,9-10H2,1H3,(H,19,20). The number of aliphatic carboxylic acids is 1. The van der Waals surface area contributed by atoms with E-state index in [2.05, 4.69) is 20.8 Å². The Balaban J connectivity index is 2.11. The molecule has 1 unspecified atom stereocenters. The number of hydrogen-bond acceptors (Lipinski definition) is 2. The minimum Gasteiger partial charge on any atom is -0.481 e. The molecule has 0 saturated carbocycles. The van der Waals surface area contributed by atoms with Crippen LogP contribution in [0.5, 0.6) is 0 Å². The molecule has 20 heavy (non-hydrogen) atoms. The van der Waals surface area contributed by atoms with Crippen LogP contribution in [-0.2, 0) is 11.3 Å². The Kier molecular flexibility index (Phi) is 4.81. The van der Waals surface area contributed by atoms with Crippen LogP contribution in [0.2, 0.25) is 0 Å². The number of hydrogen-bond donors (Lipinski definition) is 1. The minimum atomic E-state index is -0.717. The summed E-state index contributed by atoms with van der Waals surface area (Å²) in [5.41, 5.74) is 0.220. The summed E-state index contributed by atoms with van der Waals surface area (Å²) in [6.07, 6.45) is 2.23. The quantitative estimate of drug-likeness (QED) is 0.906. The zero-order valence-electron chi connectivity index (χ0n) is 11.5. The van der Waals surface area contributed by atoms with Crippen molar-refractivity contribution in [2.45, 2.75) is 32.7 Å². The lowest BCUT2D eigenvalue weighted by Gasteiger charge is -2.39. The zero-order chi connectivity index (χ0) is 14.8. The van der Waals surface area contributed by atoms with Gasteiger partial charge in [-0.15, -0.1) is 0 Å². The highest BCUT2D eigenvalue weighted by atomic mass is 79.9. The van der Waals surface area contributed by atoms with Crippen LogP contribution in [0.4, 0.5) is 4.39 Å². The predicted octanol–water partition coefficient (Wildman–Crippen LogP) is 3.67. The molecule has 1 aromatic carbocycles. The summed E-state index contributed by atoms with van der Waals surface area (Å²) in [4.78, 5) is 13.6. The van der Waals surface area contributed by atoms with Crippen molar-refractivity contribution >= 4 is 21.9 Å². The van der Waals surface area contributed by atoms with Gasteiger partial charge in [-0.25, -0.2) is 4.39 Å². The number of carbonyl (C=O) groups is 1. The van der Waals surface area contributed by atoms with Crippen LogP contribution >= 0.6 is 15.9 Å². The average molecular weight is 344 g/mol. The third-order valence-electron chi connectivity index (χ3n) is 4.11. The number of carboxylic acid groups (broad SMARTS) is 1. The maximum Gasteiger partial charge on any atom is 0.310 e. The fourth-order valence-electron chi connectivity index (χ4n) is 2.94. The first-order valence-corrected chi connectivity index (χ1v) is 7.65. The van der Waals surface area contributed by atoms with Crippen molar-refractivity contribution < 1.29 is 14.3 Å². The molecule has 5 heteroatoms. The van der Waals surface area contributed by atoms with Crippen molar-refractivity contribution in [2.75, 3.05) is 13.1 Å². The van der Waals surface area contributed by atoms with E-state index in [-0.39, 0.29) is 5.82 Å². The molecule has 1 N–H and O–H groups in total. The molecular weight excluding hydrogens is 325 g/mol. The van der Waals surface area contributed by atoms with Crippen LogP contribution in [0.25, 0.3) is 0 Å². The van der Waals surface area contributed by atoms with Gasteiger partial charge in [-0.3, -0.25) is 9.69 Å². The summed E-state index contributed by atoms with van der Waals surface area (Å²) in [5, 5.41) is 9.47. The van der Waals surface area contributed by atoms with Gasteiger partial charge in [-0.05, 0) is 49.6 Å². The average Bonchev–Trinajstić information content (AvgIpc) is 2.37. The Morgan fingerprint density at radius 2 is 2.25 bits per heavy atom. The monoisotopic (exact) mass is 343 g/mol. The van der Waals surface area contributed by atoms with E-state index in [1.165, 1.54) is 12.1 Å². The third kappa shape index (κ3) is 3.38. The van der Waals surface area contributed by atoms with E-state index in [0.717, 1.165) is 24.9 Å². The van der Waals surface area contributed by atoms with Crippen LogP contribution in [0.15, 0.2) is 22.7 Å². The fraction of sp³-hybridized carbons (Fsp3) is 0.533. The van der Waals surface area contributed by atoms with Gasteiger partial charge >= 0.3 is 5.97 Å². The molecule has 0 aromatic heterocycles. The molecule has 110 valence electrons. The molecule has 0 radical (unpaired) electrons. The van der Waals surface area contributed by atoms with E-state index >= 15 is 0 Å². The van der Waals surface area contributed by atoms with Crippen LogP contribution in [-0.4, -0.2) is 29.1 Å². The number of rotatable bonds is 4. The summed E-state index contributed by atoms with van der Waals surface area (Å²) < 4.78 is 14.1. The van der Waals surface area contributed by atoms with E-state index < -0.39 is 11.4 Å². The van der Waals surface area contributed by atoms with Gasteiger partial charge in [-0.2, -0.15) is 0 Å². The number of benzene rings is 1. The topological polar surface area (TPSA) is 40.5 Å². The predicted molar refractivity (Wildman–Crippen MR) is 79.0 cm³/mol. The first kappa shape index (κ1) is 15.4. The summed E-state index contributed by atoms with van der Waals surface area (Å²) in [6.45, 7) is 3.91. The van der Waals surface area contributed by atoms with Crippen molar-refractivity contribution in [3.63, 3.8) is 0 Å². The lowest BCUT2D eigenvalue weighted by Crippen LogP contribution is -2.47. The van der Waals surface area contributed by atoms with Gasteiger partial charge in [0.15, 0.2) is 0 Å². The number of nitrogens with zero attached hydrogens (tertiary/aromatic N) is 1. The SMILES string of the molecule is CCC1(C(=O)O)CCCN(Cc2cc(F)cc(Br)c2)C1. The van der Waals surface area contributed by atoms with Gasteiger partial charge in [0.25, 0.3) is 0 Å². The Morgan fingerprint density at radius 1 is 1.50 bits per heavy atom. The van der Waals surface area contributed by atoms with Gasteiger partial charge in [0.05, 0.1) is 5.41 Å². The molecule has 1 saturated heterocycles. The van der Waals surface area contributed by atoms with Crippen LogP contribution in [0.3, 0.4) is 0 Å². The summed E-state index contributed by atoms with van der Waals surface area (Å²) >= 11 is 3.28. The van der Waals surface area contributed by atoms with Crippen molar-refractivity contribution in [2.24, 2.45) is 5.41 Å². The second-order valence-corrected chi connectivity index (χ2v) is 6.45. The summed E-state index contributed by atoms with van der Waals surface area (Å²) in [6, 6.07) is 4.81. The number of piperidine rings is 1. The molecule has 1 atom stereocenters. The van der Waals surface area contributed by atoms with Gasteiger partial charge in [0.1, 0.15) is 5.82 Å². The highest BCUT2D eigenvalue weighted by molar-refractivity contribution is 9.10. The second-order valence-electron chi connectivity index (χ2n) is 5.53. The molecule has 1 aliphatic rings. The Labute approximate surface area is 126 Å². The molecular formula is C15H19BrFNO2. The lowest BCUT2D eigenvalue weighted by atomic mass is 9.77. The van der Waals surface area contributed by atoms with Crippen LogP contribution in [0, 0.1) is 11.2 Å². The Hall–Kier alpha value is -0.940. The van der Waals surface area contributed by atoms with Gasteiger partial charge < -0.3 is 5.11 Å². The first-order valence-electron chi connectivity index (χ1n) is 6.86. The van der Waals surface area contributed by atoms with Crippen LogP contribution in [0.1, 0.15) is 31.7 Å². The molecule has 1 heterocycles. The maximum atomic E-state index is 13.4. The van der Waals surface area contributed by atoms with Crippen molar-refractivity contribution in [1.82, 2.24) is 4.90 Å². The van der Waals surface area contributed by atoms with Crippen molar-refractivity contribution in [3.05, 3.63) is 34.1 Å². The molecule has 0 bridgehead atoms. The maximum absolute atomic E-state index is 13.4. The van der Waals surface area contributed by atoms with Crippen molar-refractivity contribution in [1.29, 1.82) is 0 Å². The number of likely N-dealkylation sites (tertiary alicyclic amines) is 1. The first-order chi connectivity index (χ1) is 9.45. The van der Waals surface area contributed by atoms with E-state index in [4.69, 9.17) is 0 Å². The molecule has 1 fully saturated rings. The second kappa shape index (κ2) is 6.22. The normalized spacial score (nSPS) is 23.8. The van der Waals surface area contributed by atoms with Crippen molar-refractivity contribution in [3.8, 4) is 0 Å². The molecule has 1 aromatic rings. The van der Waals surface area contributed by atoms with E-state index in [0.29, 0.717) is 24.0 Å². The molecule has 1 aliphatic heterocycles. The molecule has 0 aliphatic carbocycles. The van der Waals surface area contributed by atoms with Gasteiger partial charge in [-0.1, -0.05) is 22.9 Å². The Bertz CT molecular complexity index is 488. The van der Waals surface area contributed by atoms with Gasteiger partial charge in [0, 0.05) is 17.6 Å². The molecule has 3 nitrogen and oxygen atoms in total. The van der Waals surface area contributed by atoms with E-state index in [1.54, 1.807) is 0 Å².